The van der Waals surface area contributed by atoms with E-state index in [1.54, 1.807) is 0 Å². The minimum absolute atomic E-state index is 0. The maximum absolute atomic E-state index is 8.68. The van der Waals surface area contributed by atoms with Crippen LogP contribution >= 0.6 is 0 Å². The molecule has 0 aromatic heterocycles. The molecule has 0 aliphatic heterocycles. The van der Waals surface area contributed by atoms with Crippen LogP contribution in [0.15, 0.2) is 0 Å². The summed E-state index contributed by atoms with van der Waals surface area (Å²) in [5.74, 6) is 0. The van der Waals surface area contributed by atoms with Gasteiger partial charge < -0.3 is 11.2 Å². The second kappa shape index (κ2) is 29.3. The molecule has 0 saturated carbocycles. The largest absolute Gasteiger partial charge is 0.542 e. The molecule has 1 radical (unpaired) electrons. The zero-order valence-electron chi connectivity index (χ0n) is 5.06. The zero-order valence-corrected chi connectivity index (χ0v) is 7.90. The van der Waals surface area contributed by atoms with Crippen LogP contribution < -0.4 is 0 Å². The Labute approximate surface area is 70.8 Å². The van der Waals surface area contributed by atoms with Crippen LogP contribution in [-0.4, -0.2) is 6.29 Å². The first-order chi connectivity index (χ1) is 2.83. The quantitative estimate of drug-likeness (QED) is 0.507. The molecule has 1 nitrogen and oxygen atoms in total. The van der Waals surface area contributed by atoms with Gasteiger partial charge in [0.05, 0.1) is 0 Å². The summed E-state index contributed by atoms with van der Waals surface area (Å²) >= 11 is 0. The van der Waals surface area contributed by atoms with Gasteiger partial charge in [-0.2, -0.15) is 20.8 Å². The fourth-order valence-electron chi connectivity index (χ4n) is 0. The van der Waals surface area contributed by atoms with Gasteiger partial charge in [0.1, 0.15) is 0 Å². The molecule has 7 heavy (non-hydrogen) atoms. The van der Waals surface area contributed by atoms with Crippen LogP contribution in [0.5, 0.6) is 0 Å². The van der Waals surface area contributed by atoms with Gasteiger partial charge in [-0.25, -0.2) is 0 Å². The molecule has 0 aliphatic carbocycles. The SMILES string of the molecule is C[C-]=O.C[CH-]C.[Y]. The summed E-state index contributed by atoms with van der Waals surface area (Å²) in [4.78, 5) is 8.68. The summed E-state index contributed by atoms with van der Waals surface area (Å²) in [6, 6.07) is 0. The summed E-state index contributed by atoms with van der Waals surface area (Å²) in [7, 11) is 0. The van der Waals surface area contributed by atoms with Crippen LogP contribution in [0, 0.1) is 6.42 Å². The van der Waals surface area contributed by atoms with Gasteiger partial charge in [-0.05, 0) is 0 Å². The van der Waals surface area contributed by atoms with E-state index in [1.165, 1.54) is 13.2 Å². The molecular formula is C5H10OY-2. The normalized spacial score (nSPS) is 4.43. The fourth-order valence-corrected chi connectivity index (χ4v) is 0. The standard InChI is InChI=1S/C3H7.C2H3O.Y/c1-3-2;1-2-3;/h3H,1-2H3;1H3;/q2*-1;. The van der Waals surface area contributed by atoms with Gasteiger partial charge in [0.15, 0.2) is 0 Å². The summed E-state index contributed by atoms with van der Waals surface area (Å²) in [6.45, 7) is 5.32. The second-order valence-electron chi connectivity index (χ2n) is 0.781. The van der Waals surface area contributed by atoms with Gasteiger partial charge >= 0.3 is 0 Å². The number of hydrogen-bond acceptors (Lipinski definition) is 1. The Balaban J connectivity index is -0.0000000400. The summed E-state index contributed by atoms with van der Waals surface area (Å²) in [6.07, 6.45) is 3.50. The first-order valence-corrected chi connectivity index (χ1v) is 1.86. The molecule has 0 atom stereocenters. The van der Waals surface area contributed by atoms with Gasteiger partial charge in [-0.3, -0.25) is 6.29 Å². The van der Waals surface area contributed by atoms with Crippen molar-refractivity contribution < 1.29 is 37.5 Å². The third kappa shape index (κ3) is 258. The Hall–Kier alpha value is 0.774. The van der Waals surface area contributed by atoms with Crippen molar-refractivity contribution in [2.45, 2.75) is 20.8 Å². The minimum atomic E-state index is 0. The molecule has 0 amide bonds. The van der Waals surface area contributed by atoms with Crippen LogP contribution in [0.25, 0.3) is 0 Å². The van der Waals surface area contributed by atoms with E-state index < -0.39 is 0 Å². The van der Waals surface area contributed by atoms with Crippen molar-refractivity contribution in [1.29, 1.82) is 0 Å². The van der Waals surface area contributed by atoms with Crippen molar-refractivity contribution in [3.8, 4) is 0 Å². The average molecular weight is 175 g/mol. The molecular weight excluding hydrogens is 165 g/mol. The van der Waals surface area contributed by atoms with Gasteiger partial charge in [0.2, 0.25) is 0 Å². The third-order valence-corrected chi connectivity index (χ3v) is 0. The maximum atomic E-state index is 8.68. The predicted octanol–water partition coefficient (Wildman–Crippen LogP) is 1.34. The van der Waals surface area contributed by atoms with Gasteiger partial charge in [0.25, 0.3) is 0 Å². The number of hydrogen-bond donors (Lipinski definition) is 0. The zero-order chi connectivity index (χ0) is 5.41. The molecule has 0 bridgehead atoms. The Bertz CT molecular complexity index is 22.0. The van der Waals surface area contributed by atoms with Crippen molar-refractivity contribution in [1.82, 2.24) is 0 Å². The Morgan fingerprint density at radius 2 is 1.43 bits per heavy atom. The second-order valence-corrected chi connectivity index (χ2v) is 0.781. The molecule has 0 unspecified atom stereocenters. The third-order valence-electron chi connectivity index (χ3n) is 0. The topological polar surface area (TPSA) is 17.1 Å². The van der Waals surface area contributed by atoms with Crippen LogP contribution in [0.4, 0.5) is 0 Å². The Morgan fingerprint density at radius 3 is 1.43 bits per heavy atom. The van der Waals surface area contributed by atoms with E-state index >= 15 is 0 Å². The number of carbonyl (C=O) groups excluding carboxylic acids is 1. The minimum Gasteiger partial charge on any atom is -0.542 e. The first kappa shape index (κ1) is 15.7. The van der Waals surface area contributed by atoms with E-state index in [9.17, 15) is 0 Å². The molecule has 0 rings (SSSR count). The monoisotopic (exact) mass is 175 g/mol. The molecule has 0 saturated heterocycles. The van der Waals surface area contributed by atoms with Crippen molar-refractivity contribution >= 4 is 6.29 Å². The maximum Gasteiger partial charge on any atom is 0 e. The van der Waals surface area contributed by atoms with E-state index in [0.29, 0.717) is 0 Å². The summed E-state index contributed by atoms with van der Waals surface area (Å²) < 4.78 is 0. The van der Waals surface area contributed by atoms with E-state index in [4.69, 9.17) is 4.79 Å². The van der Waals surface area contributed by atoms with Crippen LogP contribution in [-0.2, 0) is 37.5 Å². The summed E-state index contributed by atoms with van der Waals surface area (Å²) in [5, 5.41) is 0. The molecule has 0 N–H and O–H groups in total. The molecule has 0 aromatic carbocycles. The van der Waals surface area contributed by atoms with Crippen LogP contribution in [0.1, 0.15) is 20.8 Å². The average Bonchev–Trinajstić information content (AvgIpc) is 1.39. The molecule has 0 spiro atoms. The van der Waals surface area contributed by atoms with Crippen LogP contribution in [0.2, 0.25) is 0 Å². The van der Waals surface area contributed by atoms with E-state index in [-0.39, 0.29) is 32.7 Å². The van der Waals surface area contributed by atoms with E-state index in [1.807, 2.05) is 20.3 Å². The molecule has 2 heteroatoms. The molecule has 0 aliphatic rings. The summed E-state index contributed by atoms with van der Waals surface area (Å²) in [5.41, 5.74) is 0. The molecule has 0 fully saturated rings. The van der Waals surface area contributed by atoms with Crippen LogP contribution in [0.3, 0.4) is 0 Å². The van der Waals surface area contributed by atoms with Crippen molar-refractivity contribution in [3.63, 3.8) is 0 Å². The molecule has 0 aromatic rings. The Morgan fingerprint density at radius 1 is 1.43 bits per heavy atom. The molecule has 41 valence electrons. The van der Waals surface area contributed by atoms with Gasteiger partial charge in [-0.15, -0.1) is 0 Å². The Kier molecular flexibility index (Phi) is 65.6. The van der Waals surface area contributed by atoms with Crippen molar-refractivity contribution in [2.75, 3.05) is 0 Å². The van der Waals surface area contributed by atoms with E-state index in [0.717, 1.165) is 0 Å². The molecule has 0 heterocycles. The smallest absolute Gasteiger partial charge is 0 e. The van der Waals surface area contributed by atoms with E-state index in [2.05, 4.69) is 0 Å². The van der Waals surface area contributed by atoms with Crippen molar-refractivity contribution in [2.24, 2.45) is 0 Å². The first-order valence-electron chi connectivity index (χ1n) is 1.86. The van der Waals surface area contributed by atoms with Gasteiger partial charge in [-0.1, -0.05) is 0 Å². The number of rotatable bonds is 0. The fraction of sp³-hybridized carbons (Fsp3) is 0.600. The van der Waals surface area contributed by atoms with Crippen molar-refractivity contribution in [3.05, 3.63) is 6.42 Å². The van der Waals surface area contributed by atoms with Gasteiger partial charge in [0, 0.05) is 32.7 Å². The predicted molar refractivity (Wildman–Crippen MR) is 27.0 cm³/mol.